The quantitative estimate of drug-likeness (QED) is 0.598. The number of halogens is 2. The molecular weight excluding hydrogens is 365 g/mol. The van der Waals surface area contributed by atoms with Crippen molar-refractivity contribution in [1.29, 1.82) is 0 Å². The second-order valence-corrected chi connectivity index (χ2v) is 5.40. The lowest BCUT2D eigenvalue weighted by molar-refractivity contribution is -0.119. The number of nitrogens with one attached hydrogen (secondary N) is 2. The molecule has 2 rings (SSSR count). The van der Waals surface area contributed by atoms with E-state index in [4.69, 9.17) is 4.74 Å². The first kappa shape index (κ1) is 17.0. The molecule has 0 aliphatic rings. The molecule has 0 spiro atoms. The number of nitrogens with zero attached hydrogens (tertiary/aromatic N) is 1. The van der Waals surface area contributed by atoms with Crippen LogP contribution in [0.25, 0.3) is 0 Å². The Kier molecular flexibility index (Phi) is 6.10. The van der Waals surface area contributed by atoms with Crippen molar-refractivity contribution in [2.24, 2.45) is 5.10 Å². The Bertz CT molecular complexity index is 705. The Hall–Kier alpha value is -2.41. The van der Waals surface area contributed by atoms with Crippen LogP contribution in [-0.2, 0) is 4.79 Å². The number of benzene rings is 2. The highest BCUT2D eigenvalue weighted by molar-refractivity contribution is 9.10. The summed E-state index contributed by atoms with van der Waals surface area (Å²) in [5.41, 5.74) is 3.87. The fraction of sp³-hybridized carbons (Fsp3) is 0.125. The van der Waals surface area contributed by atoms with Gasteiger partial charge in [0.05, 0.1) is 24.3 Å². The number of hydrogen-bond donors (Lipinski definition) is 2. The van der Waals surface area contributed by atoms with Crippen LogP contribution in [0, 0.1) is 5.82 Å². The van der Waals surface area contributed by atoms with Crippen LogP contribution in [0.15, 0.2) is 52.0 Å². The number of ether oxygens (including phenoxy) is 1. The van der Waals surface area contributed by atoms with Gasteiger partial charge in [0, 0.05) is 5.69 Å². The molecular formula is C16H15BrFN3O2. The number of carbonyl (C=O) groups is 1. The maximum absolute atomic E-state index is 12.8. The second-order valence-electron chi connectivity index (χ2n) is 4.55. The van der Waals surface area contributed by atoms with Crippen LogP contribution >= 0.6 is 15.9 Å². The molecule has 2 N–H and O–H groups in total. The Morgan fingerprint density at radius 2 is 2.04 bits per heavy atom. The molecule has 0 saturated heterocycles. The number of hydrazone groups is 1. The highest BCUT2D eigenvalue weighted by Crippen LogP contribution is 2.24. The standard InChI is InChI=1S/C16H15BrFN3O2/c1-23-15-7-2-11(8-14(15)17)9-20-21-16(22)10-19-13-5-3-12(18)4-6-13/h2-9,19H,10H2,1H3,(H,21,22)/b20-9-. The van der Waals surface area contributed by atoms with Gasteiger partial charge in [0.1, 0.15) is 11.6 Å². The Balaban J connectivity index is 1.81. The summed E-state index contributed by atoms with van der Waals surface area (Å²) in [6.07, 6.45) is 1.53. The van der Waals surface area contributed by atoms with Gasteiger partial charge in [-0.15, -0.1) is 0 Å². The van der Waals surface area contributed by atoms with Crippen LogP contribution < -0.4 is 15.5 Å². The minimum Gasteiger partial charge on any atom is -0.496 e. The van der Waals surface area contributed by atoms with Crippen LogP contribution in [0.4, 0.5) is 10.1 Å². The zero-order chi connectivity index (χ0) is 16.7. The van der Waals surface area contributed by atoms with Gasteiger partial charge in [-0.2, -0.15) is 5.10 Å². The summed E-state index contributed by atoms with van der Waals surface area (Å²) in [6, 6.07) is 11.2. The molecule has 7 heteroatoms. The number of rotatable bonds is 6. The molecule has 0 fully saturated rings. The first-order valence-electron chi connectivity index (χ1n) is 6.73. The molecule has 5 nitrogen and oxygen atoms in total. The monoisotopic (exact) mass is 379 g/mol. The number of hydrogen-bond acceptors (Lipinski definition) is 4. The van der Waals surface area contributed by atoms with E-state index in [1.165, 1.54) is 18.3 Å². The molecule has 0 aliphatic heterocycles. The second kappa shape index (κ2) is 8.28. The summed E-state index contributed by atoms with van der Waals surface area (Å²) in [5.74, 6) is 0.0862. The predicted octanol–water partition coefficient (Wildman–Crippen LogP) is 3.16. The molecule has 1 amide bonds. The SMILES string of the molecule is COc1ccc(/C=N\NC(=O)CNc2ccc(F)cc2)cc1Br. The number of anilines is 1. The van der Waals surface area contributed by atoms with Crippen molar-refractivity contribution in [2.75, 3.05) is 19.0 Å². The fourth-order valence-electron chi connectivity index (χ4n) is 1.73. The van der Waals surface area contributed by atoms with Crippen molar-refractivity contribution < 1.29 is 13.9 Å². The average Bonchev–Trinajstić information content (AvgIpc) is 2.54. The zero-order valence-corrected chi connectivity index (χ0v) is 13.9. The summed E-state index contributed by atoms with van der Waals surface area (Å²) in [7, 11) is 1.59. The molecule has 0 aromatic heterocycles. The molecule has 120 valence electrons. The molecule has 2 aromatic rings. The van der Waals surface area contributed by atoms with Crippen molar-refractivity contribution >= 4 is 33.7 Å². The first-order chi connectivity index (χ1) is 11.1. The van der Waals surface area contributed by atoms with Gasteiger partial charge in [-0.3, -0.25) is 4.79 Å². The third-order valence-electron chi connectivity index (χ3n) is 2.88. The van der Waals surface area contributed by atoms with Gasteiger partial charge in [0.2, 0.25) is 0 Å². The lowest BCUT2D eigenvalue weighted by Gasteiger charge is -2.05. The van der Waals surface area contributed by atoms with E-state index in [0.717, 1.165) is 15.8 Å². The predicted molar refractivity (Wildman–Crippen MR) is 91.3 cm³/mol. The van der Waals surface area contributed by atoms with Crippen LogP contribution in [0.2, 0.25) is 0 Å². The van der Waals surface area contributed by atoms with E-state index in [2.05, 4.69) is 31.8 Å². The van der Waals surface area contributed by atoms with Gasteiger partial charge < -0.3 is 10.1 Å². The average molecular weight is 380 g/mol. The van der Waals surface area contributed by atoms with E-state index in [1.54, 1.807) is 25.3 Å². The normalized spacial score (nSPS) is 10.6. The minimum absolute atomic E-state index is 0.0370. The molecule has 0 unspecified atom stereocenters. The molecule has 0 aliphatic carbocycles. The van der Waals surface area contributed by atoms with Crippen molar-refractivity contribution in [2.45, 2.75) is 0 Å². The number of carbonyl (C=O) groups excluding carboxylic acids is 1. The van der Waals surface area contributed by atoms with Crippen molar-refractivity contribution in [1.82, 2.24) is 5.43 Å². The molecule has 0 saturated carbocycles. The smallest absolute Gasteiger partial charge is 0.259 e. The van der Waals surface area contributed by atoms with Crippen molar-refractivity contribution in [3.8, 4) is 5.75 Å². The van der Waals surface area contributed by atoms with Crippen LogP contribution in [0.5, 0.6) is 5.75 Å². The topological polar surface area (TPSA) is 62.7 Å². The van der Waals surface area contributed by atoms with Crippen molar-refractivity contribution in [3.63, 3.8) is 0 Å². The van der Waals surface area contributed by atoms with Crippen LogP contribution in [-0.4, -0.2) is 25.8 Å². The van der Waals surface area contributed by atoms with Gasteiger partial charge in [0.15, 0.2) is 0 Å². The number of amides is 1. The Morgan fingerprint density at radius 3 is 2.70 bits per heavy atom. The van der Waals surface area contributed by atoms with E-state index in [1.807, 2.05) is 12.1 Å². The molecule has 0 heterocycles. The van der Waals surface area contributed by atoms with Gasteiger partial charge in [0.25, 0.3) is 5.91 Å². The first-order valence-corrected chi connectivity index (χ1v) is 7.52. The third kappa shape index (κ3) is 5.37. The minimum atomic E-state index is -0.324. The molecule has 23 heavy (non-hydrogen) atoms. The van der Waals surface area contributed by atoms with Crippen LogP contribution in [0.3, 0.4) is 0 Å². The Labute approximate surface area is 141 Å². The van der Waals surface area contributed by atoms with Gasteiger partial charge in [-0.05, 0) is 64.0 Å². The maximum Gasteiger partial charge on any atom is 0.259 e. The lowest BCUT2D eigenvalue weighted by Crippen LogP contribution is -2.25. The van der Waals surface area contributed by atoms with Crippen LogP contribution in [0.1, 0.15) is 5.56 Å². The van der Waals surface area contributed by atoms with Gasteiger partial charge in [-0.1, -0.05) is 0 Å². The molecule has 0 radical (unpaired) electrons. The summed E-state index contributed by atoms with van der Waals surface area (Å²) < 4.78 is 18.7. The molecule has 0 atom stereocenters. The third-order valence-corrected chi connectivity index (χ3v) is 3.50. The van der Waals surface area contributed by atoms with E-state index in [9.17, 15) is 9.18 Å². The largest absolute Gasteiger partial charge is 0.496 e. The summed E-state index contributed by atoms with van der Waals surface area (Å²) >= 11 is 3.37. The van der Waals surface area contributed by atoms with Gasteiger partial charge >= 0.3 is 0 Å². The lowest BCUT2D eigenvalue weighted by atomic mass is 10.2. The van der Waals surface area contributed by atoms with Gasteiger partial charge in [-0.25, -0.2) is 9.82 Å². The van der Waals surface area contributed by atoms with E-state index in [0.29, 0.717) is 5.69 Å². The summed E-state index contributed by atoms with van der Waals surface area (Å²) in [4.78, 5) is 11.7. The highest BCUT2D eigenvalue weighted by atomic mass is 79.9. The van der Waals surface area contributed by atoms with E-state index in [-0.39, 0.29) is 18.3 Å². The van der Waals surface area contributed by atoms with E-state index >= 15 is 0 Å². The Morgan fingerprint density at radius 1 is 1.30 bits per heavy atom. The summed E-state index contributed by atoms with van der Waals surface area (Å²) in [6.45, 7) is 0.0370. The van der Waals surface area contributed by atoms with Crippen molar-refractivity contribution in [3.05, 3.63) is 58.3 Å². The zero-order valence-electron chi connectivity index (χ0n) is 12.3. The maximum atomic E-state index is 12.8. The fourth-order valence-corrected chi connectivity index (χ4v) is 2.29. The highest BCUT2D eigenvalue weighted by Gasteiger charge is 2.01. The van der Waals surface area contributed by atoms with E-state index < -0.39 is 0 Å². The molecule has 0 bridgehead atoms. The summed E-state index contributed by atoms with van der Waals surface area (Å²) in [5, 5.41) is 6.75. The molecule has 2 aromatic carbocycles. The number of methoxy groups -OCH3 is 1.